The second-order valence-electron chi connectivity index (χ2n) is 14.8. The van der Waals surface area contributed by atoms with E-state index < -0.39 is 70.6 Å². The van der Waals surface area contributed by atoms with E-state index in [4.69, 9.17) is 61.3 Å². The molecule has 0 saturated carbocycles. The van der Waals surface area contributed by atoms with Gasteiger partial charge >= 0.3 is 13.4 Å². The van der Waals surface area contributed by atoms with Crippen LogP contribution < -0.4 is 5.73 Å². The number of rotatable bonds is 4. The van der Waals surface area contributed by atoms with Gasteiger partial charge in [0.05, 0.1) is 44.1 Å². The Labute approximate surface area is 311 Å². The fourth-order valence-corrected chi connectivity index (χ4v) is 10.6. The Morgan fingerprint density at radius 2 is 1.60 bits per heavy atom. The van der Waals surface area contributed by atoms with Gasteiger partial charge in [-0.1, -0.05) is 27.7 Å². The van der Waals surface area contributed by atoms with Gasteiger partial charge in [-0.2, -0.15) is 0 Å². The number of carbonyl (C=O) groups excluding carboxylic acids is 1. The lowest BCUT2D eigenvalue weighted by atomic mass is 10.0. The first-order valence-electron chi connectivity index (χ1n) is 16.6. The van der Waals surface area contributed by atoms with E-state index in [1.165, 1.54) is 12.7 Å². The standard InChI is InChI=1S/C29H42N8O10P2S2Si/c1-14-17-9-41-49(40,51)46-23-18(10-42-48(39,50)45-22(14)27(43-17)36-12-33-20-15(2)31-11-32-25(20)36)44-28(24(23)47-52(6,7)29(3,4)5)37-13-34-21-16(38)8-19(30)35-26(21)37/h11-14,17-18,22-24,27-28H,8-10H2,1-7H3,(H2,30,35)(H,39,50)(H,40,51)/t14-,17-,18-,22-,23-,24-,27-,28-,48?,49?/m1/s1. The van der Waals surface area contributed by atoms with Gasteiger partial charge in [0.1, 0.15) is 42.1 Å². The number of Topliss-reactive ketones (excluding diaryl/α,β-unsaturated/α-hetero) is 1. The number of nitrogens with two attached hydrogens (primary N) is 1. The second kappa shape index (κ2) is 13.7. The smallest absolute Gasteiger partial charge is 0.325 e. The maximum atomic E-state index is 12.8. The van der Waals surface area contributed by atoms with Crippen molar-refractivity contribution in [1.29, 1.82) is 0 Å². The molecule has 3 fully saturated rings. The summed E-state index contributed by atoms with van der Waals surface area (Å²) in [7, 11) is -2.62. The van der Waals surface area contributed by atoms with Crippen LogP contribution in [0.25, 0.3) is 11.2 Å². The maximum Gasteiger partial charge on any atom is 0.325 e. The molecular formula is C29H42N8O10P2S2Si. The summed E-state index contributed by atoms with van der Waals surface area (Å²) in [5, 5.41) is -0.271. The van der Waals surface area contributed by atoms with Crippen LogP contribution in [0.3, 0.4) is 0 Å². The Morgan fingerprint density at radius 1 is 0.962 bits per heavy atom. The molecular weight excluding hydrogens is 775 g/mol. The molecule has 0 spiro atoms. The quantitative estimate of drug-likeness (QED) is 0.252. The molecule has 0 aliphatic carbocycles. The lowest BCUT2D eigenvalue weighted by Crippen LogP contribution is -2.49. The summed E-state index contributed by atoms with van der Waals surface area (Å²) in [4.78, 5) is 57.8. The molecule has 7 rings (SSSR count). The normalized spacial score (nSPS) is 36.1. The third-order valence-electron chi connectivity index (χ3n) is 10.2. The minimum Gasteiger partial charge on any atom is -0.407 e. The summed E-state index contributed by atoms with van der Waals surface area (Å²) in [6, 6.07) is 0. The summed E-state index contributed by atoms with van der Waals surface area (Å²) in [6.45, 7) is 5.31. The summed E-state index contributed by atoms with van der Waals surface area (Å²) >= 11 is 11.2. The fourth-order valence-electron chi connectivity index (χ4n) is 6.38. The van der Waals surface area contributed by atoms with Crippen molar-refractivity contribution in [2.24, 2.45) is 16.6 Å². The molecule has 2 unspecified atom stereocenters. The van der Waals surface area contributed by atoms with Gasteiger partial charge in [-0.25, -0.2) is 24.9 Å². The first kappa shape index (κ1) is 38.3. The highest BCUT2D eigenvalue weighted by Gasteiger charge is 2.55. The number of fused-ring (bicyclic) bond motifs is 5. The number of nitrogens with zero attached hydrogens (tertiary/aromatic N) is 7. The van der Waals surface area contributed by atoms with E-state index in [1.54, 1.807) is 15.5 Å². The van der Waals surface area contributed by atoms with Crippen molar-refractivity contribution >= 4 is 74.0 Å². The minimum absolute atomic E-state index is 0.0663. The van der Waals surface area contributed by atoms with Crippen LogP contribution in [0.15, 0.2) is 24.0 Å². The van der Waals surface area contributed by atoms with Crippen LogP contribution in [-0.4, -0.2) is 103 Å². The Kier molecular flexibility index (Phi) is 10.1. The molecule has 0 radical (unpaired) electrons. The van der Waals surface area contributed by atoms with Crippen LogP contribution in [-0.2, 0) is 55.6 Å². The first-order valence-corrected chi connectivity index (χ1v) is 24.7. The summed E-state index contributed by atoms with van der Waals surface area (Å²) < 4.78 is 47.6. The van der Waals surface area contributed by atoms with Crippen LogP contribution in [0, 0.1) is 12.8 Å². The van der Waals surface area contributed by atoms with E-state index in [0.717, 1.165) is 0 Å². The zero-order valence-corrected chi connectivity index (χ0v) is 34.0. The fraction of sp³-hybridized carbons (Fsp3) is 0.655. The van der Waals surface area contributed by atoms with E-state index >= 15 is 0 Å². The van der Waals surface area contributed by atoms with Crippen molar-refractivity contribution in [3.05, 3.63) is 30.4 Å². The van der Waals surface area contributed by atoms with Gasteiger partial charge in [0.15, 0.2) is 43.7 Å². The zero-order valence-electron chi connectivity index (χ0n) is 29.6. The molecule has 18 nitrogen and oxygen atoms in total. The first-order chi connectivity index (χ1) is 24.3. The van der Waals surface area contributed by atoms with E-state index in [9.17, 15) is 14.6 Å². The number of hydrogen-bond donors (Lipinski definition) is 3. The number of carbonyl (C=O) groups is 1. The number of aliphatic imine (C=N–C) groups is 1. The van der Waals surface area contributed by atoms with Crippen LogP contribution in [0.2, 0.25) is 18.1 Å². The van der Waals surface area contributed by atoms with Gasteiger partial charge in [-0.05, 0) is 48.7 Å². The molecule has 2 bridgehead atoms. The minimum atomic E-state index is -4.06. The van der Waals surface area contributed by atoms with Gasteiger partial charge in [0.2, 0.25) is 0 Å². The molecule has 0 amide bonds. The summed E-state index contributed by atoms with van der Waals surface area (Å²) in [5.74, 6) is -0.434. The number of amidine groups is 1. The van der Waals surface area contributed by atoms with Crippen LogP contribution >= 0.6 is 13.4 Å². The number of ketones is 1. The van der Waals surface area contributed by atoms with E-state index in [0.29, 0.717) is 16.9 Å². The highest BCUT2D eigenvalue weighted by atomic mass is 32.5. The Bertz CT molecular complexity index is 2030. The van der Waals surface area contributed by atoms with E-state index in [1.807, 2.05) is 26.9 Å². The highest BCUT2D eigenvalue weighted by Crippen LogP contribution is 2.56. The lowest BCUT2D eigenvalue weighted by molar-refractivity contribution is -0.0605. The SMILES string of the molecule is Cc1ncnc2c1ncn2[C@@H]1O[C@@H]2COP(O)(=S)O[C@H]3[C@@H](O[Si](C)(C)C(C)(C)C)[C@H](n4cnc5c4N=C(N)CC5=O)O[C@@H]3COP(O)(=S)O[C@@H]1[C@@H]2C. The molecule has 3 aromatic rings. The third kappa shape index (κ3) is 7.14. The number of imidazole rings is 2. The summed E-state index contributed by atoms with van der Waals surface area (Å²) in [5.41, 5.74) is 7.87. The van der Waals surface area contributed by atoms with Crippen molar-refractivity contribution in [2.45, 2.75) is 102 Å². The van der Waals surface area contributed by atoms with Crippen LogP contribution in [0.5, 0.6) is 0 Å². The highest BCUT2D eigenvalue weighted by molar-refractivity contribution is 8.07. The average Bonchev–Trinajstić information content (AvgIpc) is 3.80. The Balaban J connectivity index is 1.25. The van der Waals surface area contributed by atoms with Crippen molar-refractivity contribution in [3.8, 4) is 0 Å². The average molecular weight is 817 g/mol. The van der Waals surface area contributed by atoms with E-state index in [-0.39, 0.29) is 47.8 Å². The van der Waals surface area contributed by atoms with Crippen molar-refractivity contribution in [1.82, 2.24) is 29.1 Å². The van der Waals surface area contributed by atoms with Crippen LogP contribution in [0.4, 0.5) is 5.82 Å². The molecule has 3 aromatic heterocycles. The molecule has 10 atom stereocenters. The van der Waals surface area contributed by atoms with Crippen molar-refractivity contribution in [2.75, 3.05) is 13.2 Å². The third-order valence-corrected chi connectivity index (χ3v) is 17.8. The predicted molar refractivity (Wildman–Crippen MR) is 196 cm³/mol. The molecule has 0 aromatic carbocycles. The zero-order chi connectivity index (χ0) is 37.5. The van der Waals surface area contributed by atoms with Crippen LogP contribution in [0.1, 0.15) is 62.8 Å². The number of hydrogen-bond acceptors (Lipinski definition) is 16. The molecule has 23 heteroatoms. The molecule has 7 heterocycles. The van der Waals surface area contributed by atoms with E-state index in [2.05, 4.69) is 45.7 Å². The summed E-state index contributed by atoms with van der Waals surface area (Å²) in [6.07, 6.45) is -2.26. The van der Waals surface area contributed by atoms with Gasteiger partial charge in [-0.15, -0.1) is 0 Å². The van der Waals surface area contributed by atoms with Crippen molar-refractivity contribution in [3.63, 3.8) is 0 Å². The van der Waals surface area contributed by atoms with Crippen molar-refractivity contribution < 1.29 is 46.6 Å². The maximum absolute atomic E-state index is 12.8. The lowest BCUT2D eigenvalue weighted by Gasteiger charge is -2.41. The number of ether oxygens (including phenoxy) is 2. The number of aryl methyl sites for hydroxylation is 1. The molecule has 4 N–H and O–H groups in total. The molecule has 4 aliphatic heterocycles. The molecule has 4 aliphatic rings. The molecule has 52 heavy (non-hydrogen) atoms. The molecule has 284 valence electrons. The Hall–Kier alpha value is -1.94. The van der Waals surface area contributed by atoms with Gasteiger partial charge in [0, 0.05) is 5.92 Å². The van der Waals surface area contributed by atoms with Gasteiger partial charge < -0.3 is 43.0 Å². The predicted octanol–water partition coefficient (Wildman–Crippen LogP) is 3.68. The largest absolute Gasteiger partial charge is 0.407 e. The monoisotopic (exact) mass is 816 g/mol. The second-order valence-corrected chi connectivity index (χ2v) is 25.1. The topological polar surface area (TPSA) is 222 Å². The Morgan fingerprint density at radius 3 is 2.29 bits per heavy atom. The molecule has 3 saturated heterocycles. The number of aromatic nitrogens is 6. The van der Waals surface area contributed by atoms with Gasteiger partial charge in [0.25, 0.3) is 0 Å². The van der Waals surface area contributed by atoms with Gasteiger partial charge in [-0.3, -0.25) is 18.5 Å².